The third-order valence-electron chi connectivity index (χ3n) is 2.31. The summed E-state index contributed by atoms with van der Waals surface area (Å²) >= 11 is 5.70. The molecule has 0 saturated heterocycles. The minimum absolute atomic E-state index is 0.522. The van der Waals surface area contributed by atoms with Crippen molar-refractivity contribution >= 4 is 17.3 Å². The Kier molecular flexibility index (Phi) is 3.78. The first kappa shape index (κ1) is 11.0. The lowest BCUT2D eigenvalue weighted by atomic mass is 10.1. The zero-order valence-electron chi connectivity index (χ0n) is 8.86. The number of halogens is 1. The summed E-state index contributed by atoms with van der Waals surface area (Å²) in [5, 5.41) is 3.82. The molecule has 2 aromatic rings. The molecule has 0 aliphatic heterocycles. The molecule has 1 N–H and O–H groups in total. The van der Waals surface area contributed by atoms with Crippen molar-refractivity contribution in [2.75, 3.05) is 11.9 Å². The first-order chi connectivity index (χ1) is 7.84. The van der Waals surface area contributed by atoms with Gasteiger partial charge in [0.25, 0.3) is 0 Å². The molecular weight excluding hydrogens is 220 g/mol. The fourth-order valence-electron chi connectivity index (χ4n) is 1.48. The maximum Gasteiger partial charge on any atom is 0.129 e. The molecule has 16 heavy (non-hydrogen) atoms. The summed E-state index contributed by atoms with van der Waals surface area (Å²) in [7, 11) is 0. The quantitative estimate of drug-likeness (QED) is 0.818. The van der Waals surface area contributed by atoms with Crippen molar-refractivity contribution in [3.05, 3.63) is 59.4 Å². The van der Waals surface area contributed by atoms with Crippen LogP contribution in [0.1, 0.15) is 5.56 Å². The number of pyridine rings is 1. The predicted molar refractivity (Wildman–Crippen MR) is 67.9 cm³/mol. The molecule has 1 aromatic carbocycles. The molecule has 0 unspecified atom stereocenters. The Morgan fingerprint density at radius 2 is 1.88 bits per heavy atom. The number of aromatic nitrogens is 1. The van der Waals surface area contributed by atoms with E-state index in [9.17, 15) is 0 Å². The molecule has 2 rings (SSSR count). The van der Waals surface area contributed by atoms with E-state index in [0.717, 1.165) is 18.7 Å². The van der Waals surface area contributed by atoms with Gasteiger partial charge in [-0.15, -0.1) is 0 Å². The predicted octanol–water partition coefficient (Wildman–Crippen LogP) is 3.39. The number of hydrogen-bond acceptors (Lipinski definition) is 2. The lowest BCUT2D eigenvalue weighted by Crippen LogP contribution is -2.04. The number of rotatable bonds is 4. The van der Waals surface area contributed by atoms with E-state index < -0.39 is 0 Å². The van der Waals surface area contributed by atoms with Gasteiger partial charge in [-0.1, -0.05) is 41.9 Å². The van der Waals surface area contributed by atoms with Crippen molar-refractivity contribution in [1.29, 1.82) is 0 Å². The summed E-state index contributed by atoms with van der Waals surface area (Å²) in [4.78, 5) is 4.01. The van der Waals surface area contributed by atoms with E-state index in [1.165, 1.54) is 5.56 Å². The van der Waals surface area contributed by atoms with Gasteiger partial charge in [0.1, 0.15) is 5.15 Å². The van der Waals surface area contributed by atoms with E-state index in [-0.39, 0.29) is 0 Å². The molecule has 1 aromatic heterocycles. The molecule has 82 valence electrons. The summed E-state index contributed by atoms with van der Waals surface area (Å²) in [5.41, 5.74) is 2.33. The molecule has 0 bridgehead atoms. The standard InChI is InChI=1S/C13H13ClN2/c14-13-7-6-12(10-16-13)15-9-8-11-4-2-1-3-5-11/h1-7,10,15H,8-9H2. The molecule has 0 spiro atoms. The second-order valence-electron chi connectivity index (χ2n) is 3.53. The van der Waals surface area contributed by atoms with Crippen LogP contribution in [0.25, 0.3) is 0 Å². The Bertz CT molecular complexity index is 425. The highest BCUT2D eigenvalue weighted by Gasteiger charge is 1.94. The topological polar surface area (TPSA) is 24.9 Å². The second kappa shape index (κ2) is 5.52. The average molecular weight is 233 g/mol. The van der Waals surface area contributed by atoms with Crippen molar-refractivity contribution in [3.63, 3.8) is 0 Å². The molecule has 0 radical (unpaired) electrons. The van der Waals surface area contributed by atoms with E-state index in [4.69, 9.17) is 11.6 Å². The molecule has 0 aliphatic rings. The zero-order valence-corrected chi connectivity index (χ0v) is 9.61. The maximum atomic E-state index is 5.70. The van der Waals surface area contributed by atoms with E-state index in [2.05, 4.69) is 34.6 Å². The molecule has 2 nitrogen and oxygen atoms in total. The van der Waals surface area contributed by atoms with Crippen molar-refractivity contribution in [2.45, 2.75) is 6.42 Å². The minimum Gasteiger partial charge on any atom is -0.383 e. The van der Waals surface area contributed by atoms with Crippen LogP contribution in [0.3, 0.4) is 0 Å². The number of benzene rings is 1. The first-order valence-electron chi connectivity index (χ1n) is 5.24. The van der Waals surface area contributed by atoms with E-state index in [1.54, 1.807) is 12.3 Å². The average Bonchev–Trinajstić information content (AvgIpc) is 2.33. The van der Waals surface area contributed by atoms with Gasteiger partial charge in [0, 0.05) is 6.54 Å². The van der Waals surface area contributed by atoms with E-state index in [0.29, 0.717) is 5.15 Å². The summed E-state index contributed by atoms with van der Waals surface area (Å²) in [6, 6.07) is 14.1. The monoisotopic (exact) mass is 232 g/mol. The molecule has 0 fully saturated rings. The highest BCUT2D eigenvalue weighted by atomic mass is 35.5. The Labute approximate surface area is 100 Å². The van der Waals surface area contributed by atoms with Crippen molar-refractivity contribution < 1.29 is 0 Å². The smallest absolute Gasteiger partial charge is 0.129 e. The fourth-order valence-corrected chi connectivity index (χ4v) is 1.59. The van der Waals surface area contributed by atoms with Crippen molar-refractivity contribution in [3.8, 4) is 0 Å². The van der Waals surface area contributed by atoms with Crippen LogP contribution in [0.2, 0.25) is 5.15 Å². The fraction of sp³-hybridized carbons (Fsp3) is 0.154. The van der Waals surface area contributed by atoms with Crippen LogP contribution in [0, 0.1) is 0 Å². The highest BCUT2D eigenvalue weighted by Crippen LogP contribution is 2.09. The lowest BCUT2D eigenvalue weighted by Gasteiger charge is -2.05. The van der Waals surface area contributed by atoms with E-state index in [1.807, 2.05) is 12.1 Å². The van der Waals surface area contributed by atoms with Crippen molar-refractivity contribution in [1.82, 2.24) is 4.98 Å². The Balaban J connectivity index is 1.82. The number of nitrogens with zero attached hydrogens (tertiary/aromatic N) is 1. The summed E-state index contributed by atoms with van der Waals surface area (Å²) in [6.07, 6.45) is 2.75. The van der Waals surface area contributed by atoms with Gasteiger partial charge in [-0.3, -0.25) is 0 Å². The van der Waals surface area contributed by atoms with Crippen LogP contribution in [0.4, 0.5) is 5.69 Å². The van der Waals surface area contributed by atoms with Crippen LogP contribution in [-0.2, 0) is 6.42 Å². The lowest BCUT2D eigenvalue weighted by molar-refractivity contribution is 1.02. The van der Waals surface area contributed by atoms with Gasteiger partial charge in [-0.2, -0.15) is 0 Å². The van der Waals surface area contributed by atoms with Gasteiger partial charge < -0.3 is 5.32 Å². The third-order valence-corrected chi connectivity index (χ3v) is 2.54. The molecule has 0 aliphatic carbocycles. The SMILES string of the molecule is Clc1ccc(NCCc2ccccc2)cn1. The Hall–Kier alpha value is -1.54. The Morgan fingerprint density at radius 1 is 1.06 bits per heavy atom. The largest absolute Gasteiger partial charge is 0.383 e. The van der Waals surface area contributed by atoms with E-state index >= 15 is 0 Å². The highest BCUT2D eigenvalue weighted by molar-refractivity contribution is 6.29. The molecule has 1 heterocycles. The van der Waals surface area contributed by atoms with Crippen LogP contribution >= 0.6 is 11.6 Å². The second-order valence-corrected chi connectivity index (χ2v) is 3.92. The molecule has 0 saturated carbocycles. The zero-order chi connectivity index (χ0) is 11.2. The van der Waals surface area contributed by atoms with Gasteiger partial charge >= 0.3 is 0 Å². The first-order valence-corrected chi connectivity index (χ1v) is 5.62. The van der Waals surface area contributed by atoms with Crippen molar-refractivity contribution in [2.24, 2.45) is 0 Å². The molecule has 0 atom stereocenters. The van der Waals surface area contributed by atoms with Crippen LogP contribution < -0.4 is 5.32 Å². The summed E-state index contributed by atoms with van der Waals surface area (Å²) in [6.45, 7) is 0.896. The van der Waals surface area contributed by atoms with Crippen LogP contribution in [-0.4, -0.2) is 11.5 Å². The van der Waals surface area contributed by atoms with Gasteiger partial charge in [-0.25, -0.2) is 4.98 Å². The van der Waals surface area contributed by atoms with Gasteiger partial charge in [0.15, 0.2) is 0 Å². The number of anilines is 1. The maximum absolute atomic E-state index is 5.70. The van der Waals surface area contributed by atoms with Crippen LogP contribution in [0.5, 0.6) is 0 Å². The van der Waals surface area contributed by atoms with Gasteiger partial charge in [-0.05, 0) is 24.1 Å². The summed E-state index contributed by atoms with van der Waals surface area (Å²) < 4.78 is 0. The van der Waals surface area contributed by atoms with Gasteiger partial charge in [0.05, 0.1) is 11.9 Å². The normalized spacial score (nSPS) is 10.1. The molecular formula is C13H13ClN2. The number of nitrogens with one attached hydrogen (secondary N) is 1. The number of hydrogen-bond donors (Lipinski definition) is 1. The van der Waals surface area contributed by atoms with Crippen LogP contribution in [0.15, 0.2) is 48.7 Å². The Morgan fingerprint density at radius 3 is 2.56 bits per heavy atom. The minimum atomic E-state index is 0.522. The van der Waals surface area contributed by atoms with Gasteiger partial charge in [0.2, 0.25) is 0 Å². The molecule has 0 amide bonds. The summed E-state index contributed by atoms with van der Waals surface area (Å²) in [5.74, 6) is 0. The third kappa shape index (κ3) is 3.24. The molecule has 3 heteroatoms.